The molecule has 0 aromatic rings. The molecule has 0 aromatic carbocycles. The van der Waals surface area contributed by atoms with Gasteiger partial charge in [-0.15, -0.1) is 0 Å². The van der Waals surface area contributed by atoms with Crippen LogP contribution in [0.1, 0.15) is 45.4 Å². The van der Waals surface area contributed by atoms with Crippen LogP contribution in [0.2, 0.25) is 0 Å². The number of carbonyl (C=O) groups is 3. The smallest absolute Gasteiger partial charge is 0.314 e. The molecule has 4 rings (SSSR count). The van der Waals surface area contributed by atoms with E-state index in [9.17, 15) is 19.5 Å². The summed E-state index contributed by atoms with van der Waals surface area (Å²) in [6.45, 7) is 5.91. The van der Waals surface area contributed by atoms with Gasteiger partial charge in [-0.1, -0.05) is 12.2 Å². The predicted molar refractivity (Wildman–Crippen MR) is 106 cm³/mol. The molecule has 0 saturated heterocycles. The number of aliphatic hydroxyl groups excluding tert-OH is 1. The summed E-state index contributed by atoms with van der Waals surface area (Å²) in [6, 6.07) is 0. The van der Waals surface area contributed by atoms with Gasteiger partial charge in [0.05, 0.1) is 44.2 Å². The fourth-order valence-corrected chi connectivity index (χ4v) is 8.18. The lowest BCUT2D eigenvalue weighted by Gasteiger charge is -2.52. The number of fused-ring (bicyclic) bond motifs is 3. The Hall–Kier alpha value is -1.89. The summed E-state index contributed by atoms with van der Waals surface area (Å²) in [7, 11) is 3.96. The van der Waals surface area contributed by atoms with Gasteiger partial charge in [0.1, 0.15) is 0 Å². The first kappa shape index (κ1) is 21.3. The summed E-state index contributed by atoms with van der Waals surface area (Å²) < 4.78 is 15.7. The van der Waals surface area contributed by atoms with Crippen molar-refractivity contribution >= 4 is 17.9 Å². The van der Waals surface area contributed by atoms with Crippen molar-refractivity contribution in [2.75, 3.05) is 21.3 Å². The lowest BCUT2D eigenvalue weighted by molar-refractivity contribution is -0.196. The van der Waals surface area contributed by atoms with Crippen LogP contribution < -0.4 is 0 Å². The van der Waals surface area contributed by atoms with Crippen LogP contribution in [-0.4, -0.2) is 50.4 Å². The molecule has 2 unspecified atom stereocenters. The highest BCUT2D eigenvalue weighted by atomic mass is 16.5. The van der Waals surface area contributed by atoms with Crippen molar-refractivity contribution < 1.29 is 33.7 Å². The topological polar surface area (TPSA) is 99.1 Å². The van der Waals surface area contributed by atoms with Gasteiger partial charge in [-0.05, 0) is 62.7 Å². The largest absolute Gasteiger partial charge is 0.469 e. The molecule has 4 saturated carbocycles. The molecule has 0 amide bonds. The number of allylic oxidation sites excluding steroid dienone is 1. The summed E-state index contributed by atoms with van der Waals surface area (Å²) in [6.07, 6.45) is 2.65. The minimum absolute atomic E-state index is 0.140. The zero-order chi connectivity index (χ0) is 22.1. The Kier molecular flexibility index (Phi) is 4.84. The van der Waals surface area contributed by atoms with Crippen molar-refractivity contribution in [2.24, 2.45) is 39.9 Å². The van der Waals surface area contributed by atoms with Crippen LogP contribution in [0, 0.1) is 39.9 Å². The Bertz CT molecular complexity index is 805. The van der Waals surface area contributed by atoms with Crippen LogP contribution in [0.3, 0.4) is 0 Å². The fraction of sp³-hybridized carbons (Fsp3) is 0.783. The molecule has 4 fully saturated rings. The normalized spacial score (nSPS) is 46.6. The van der Waals surface area contributed by atoms with Crippen molar-refractivity contribution in [2.45, 2.75) is 51.6 Å². The highest BCUT2D eigenvalue weighted by Crippen LogP contribution is 2.78. The van der Waals surface area contributed by atoms with Crippen molar-refractivity contribution in [3.63, 3.8) is 0 Å². The maximum atomic E-state index is 13.5. The SMILES string of the molecule is C=C1C[C@]23C[C@H]1CCC2[C@]1(C(=O)OC)CC[C@@H](O)[C@@](C)(C(=O)OC)C1[C@@H]3C(=O)OC. The minimum atomic E-state index is -1.43. The van der Waals surface area contributed by atoms with Gasteiger partial charge in [0, 0.05) is 5.92 Å². The highest BCUT2D eigenvalue weighted by molar-refractivity contribution is 5.88. The van der Waals surface area contributed by atoms with Gasteiger partial charge in [0.15, 0.2) is 0 Å². The zero-order valence-corrected chi connectivity index (χ0v) is 18.2. The third-order valence-corrected chi connectivity index (χ3v) is 9.20. The number of aliphatic hydroxyl groups is 1. The van der Waals surface area contributed by atoms with E-state index in [4.69, 9.17) is 14.2 Å². The number of methoxy groups -OCH3 is 3. The van der Waals surface area contributed by atoms with E-state index in [0.717, 1.165) is 24.8 Å². The molecule has 0 aromatic heterocycles. The average molecular weight is 421 g/mol. The lowest BCUT2D eigenvalue weighted by atomic mass is 9.51. The molecule has 30 heavy (non-hydrogen) atoms. The van der Waals surface area contributed by atoms with Gasteiger partial charge >= 0.3 is 17.9 Å². The summed E-state index contributed by atoms with van der Waals surface area (Å²) in [5.41, 5.74) is -1.90. The third kappa shape index (κ3) is 2.27. The molecule has 4 aliphatic rings. The van der Waals surface area contributed by atoms with Crippen LogP contribution in [-0.2, 0) is 28.6 Å². The van der Waals surface area contributed by atoms with E-state index in [0.29, 0.717) is 18.8 Å². The number of rotatable bonds is 3. The molecule has 0 aliphatic heterocycles. The van der Waals surface area contributed by atoms with Gasteiger partial charge in [-0.3, -0.25) is 14.4 Å². The third-order valence-electron chi connectivity index (χ3n) is 9.20. The Morgan fingerprint density at radius 2 is 1.70 bits per heavy atom. The minimum Gasteiger partial charge on any atom is -0.469 e. The summed E-state index contributed by atoms with van der Waals surface area (Å²) in [4.78, 5) is 40.0. The first-order chi connectivity index (χ1) is 14.1. The van der Waals surface area contributed by atoms with E-state index in [1.165, 1.54) is 21.3 Å². The summed E-state index contributed by atoms with van der Waals surface area (Å²) in [5, 5.41) is 11.0. The van der Waals surface area contributed by atoms with Crippen LogP contribution in [0.15, 0.2) is 12.2 Å². The maximum absolute atomic E-state index is 13.5. The molecule has 0 radical (unpaired) electrons. The first-order valence-corrected chi connectivity index (χ1v) is 10.8. The average Bonchev–Trinajstić information content (AvgIpc) is 3.16. The molecule has 0 heterocycles. The van der Waals surface area contributed by atoms with Crippen LogP contribution in [0.5, 0.6) is 0 Å². The van der Waals surface area contributed by atoms with Crippen LogP contribution in [0.4, 0.5) is 0 Å². The lowest BCUT2D eigenvalue weighted by Crippen LogP contribution is -2.61. The van der Waals surface area contributed by atoms with Crippen molar-refractivity contribution in [1.82, 2.24) is 0 Å². The molecular weight excluding hydrogens is 388 g/mol. The second kappa shape index (κ2) is 6.81. The van der Waals surface area contributed by atoms with Crippen molar-refractivity contribution in [1.29, 1.82) is 0 Å². The summed E-state index contributed by atoms with van der Waals surface area (Å²) >= 11 is 0. The van der Waals surface area contributed by atoms with Gasteiger partial charge in [-0.2, -0.15) is 0 Å². The molecule has 1 N–H and O–H groups in total. The molecule has 7 nitrogen and oxygen atoms in total. The van der Waals surface area contributed by atoms with E-state index in [1.54, 1.807) is 6.92 Å². The van der Waals surface area contributed by atoms with Crippen molar-refractivity contribution in [3.05, 3.63) is 12.2 Å². The monoisotopic (exact) mass is 420 g/mol. The van der Waals surface area contributed by atoms with Crippen molar-refractivity contribution in [3.8, 4) is 0 Å². The number of hydrogen-bond donors (Lipinski definition) is 1. The van der Waals surface area contributed by atoms with E-state index in [-0.39, 0.29) is 12.3 Å². The van der Waals surface area contributed by atoms with E-state index < -0.39 is 52.1 Å². The second-order valence-electron chi connectivity index (χ2n) is 9.94. The quantitative estimate of drug-likeness (QED) is 0.425. The Labute approximate surface area is 177 Å². The summed E-state index contributed by atoms with van der Waals surface area (Å²) in [5.74, 6) is -2.76. The second-order valence-corrected chi connectivity index (χ2v) is 9.94. The van der Waals surface area contributed by atoms with Crippen LogP contribution >= 0.6 is 0 Å². The van der Waals surface area contributed by atoms with E-state index in [2.05, 4.69) is 6.58 Å². The van der Waals surface area contributed by atoms with Gasteiger partial charge in [-0.25, -0.2) is 0 Å². The fourth-order valence-electron chi connectivity index (χ4n) is 8.18. The molecule has 1 spiro atoms. The molecule has 4 aliphatic carbocycles. The van der Waals surface area contributed by atoms with Gasteiger partial charge in [0.2, 0.25) is 0 Å². The maximum Gasteiger partial charge on any atom is 0.314 e. The van der Waals surface area contributed by atoms with Gasteiger partial charge in [0.25, 0.3) is 0 Å². The predicted octanol–water partition coefficient (Wildman–Crippen LogP) is 2.26. The molecule has 2 bridgehead atoms. The number of carbonyl (C=O) groups excluding carboxylic acids is 3. The highest BCUT2D eigenvalue weighted by Gasteiger charge is 2.80. The molecule has 8 atom stereocenters. The molecule has 166 valence electrons. The standard InChI is InChI=1S/C23H32O7/c1-12-10-22-11-13(12)6-7-14(22)23(20(27)30-5)9-8-15(24)21(2,19(26)29-4)17(23)16(22)18(25)28-3/h13-17,24H,1,6-11H2,2-5H3/t13-,14?,15-,16-,17?,21-,22+,23-/m1/s1. The Balaban J connectivity index is 2.02. The Morgan fingerprint density at radius 3 is 2.30 bits per heavy atom. The Morgan fingerprint density at radius 1 is 1.03 bits per heavy atom. The number of ether oxygens (including phenoxy) is 3. The number of hydrogen-bond acceptors (Lipinski definition) is 7. The molecule has 7 heteroatoms. The van der Waals surface area contributed by atoms with Gasteiger partial charge < -0.3 is 19.3 Å². The van der Waals surface area contributed by atoms with Crippen LogP contribution in [0.25, 0.3) is 0 Å². The molecular formula is C23H32O7. The zero-order valence-electron chi connectivity index (χ0n) is 18.2. The van der Waals surface area contributed by atoms with E-state index in [1.807, 2.05) is 0 Å². The van der Waals surface area contributed by atoms with E-state index >= 15 is 0 Å². The number of esters is 3. The first-order valence-electron chi connectivity index (χ1n) is 10.8.